The number of fused-ring (bicyclic) bond motifs is 3. The number of carbonyl (C=O) groups excluding carboxylic acids is 2. The fourth-order valence-corrected chi connectivity index (χ4v) is 5.97. The molecule has 0 N–H and O–H groups in total. The average Bonchev–Trinajstić information content (AvgIpc) is 3.72. The molecule has 0 unspecified atom stereocenters. The molecule has 2 fully saturated rings. The molecule has 0 spiro atoms. The van der Waals surface area contributed by atoms with E-state index in [4.69, 9.17) is 0 Å². The molecule has 8 nitrogen and oxygen atoms in total. The second-order valence-corrected chi connectivity index (χ2v) is 10.8. The molecule has 1 saturated carbocycles. The molecule has 38 heavy (non-hydrogen) atoms. The van der Waals surface area contributed by atoms with Crippen LogP contribution in [0.2, 0.25) is 0 Å². The van der Waals surface area contributed by atoms with Gasteiger partial charge in [0.05, 0.1) is 5.56 Å². The van der Waals surface area contributed by atoms with Gasteiger partial charge in [-0.15, -0.1) is 0 Å². The van der Waals surface area contributed by atoms with E-state index in [-0.39, 0.29) is 17.9 Å². The summed E-state index contributed by atoms with van der Waals surface area (Å²) < 4.78 is 0. The largest absolute Gasteiger partial charge is 0.333 e. The number of anilines is 1. The number of hydrogen-bond donors (Lipinski definition) is 0. The van der Waals surface area contributed by atoms with Crippen LogP contribution in [-0.4, -0.2) is 61.7 Å². The highest BCUT2D eigenvalue weighted by atomic mass is 16.2. The number of aromatic nitrogens is 3. The molecule has 6 rings (SSSR count). The average molecular weight is 511 g/mol. The summed E-state index contributed by atoms with van der Waals surface area (Å²) in [6.07, 6.45) is 12.2. The first kappa shape index (κ1) is 24.7. The third-order valence-corrected chi connectivity index (χ3v) is 8.17. The second kappa shape index (κ2) is 10.6. The molecule has 2 bridgehead atoms. The first-order valence-corrected chi connectivity index (χ1v) is 13.7. The second-order valence-electron chi connectivity index (χ2n) is 10.8. The first-order chi connectivity index (χ1) is 18.6. The molecule has 2 aliphatic heterocycles. The summed E-state index contributed by atoms with van der Waals surface area (Å²) in [6.45, 7) is 4.12. The van der Waals surface area contributed by atoms with Crippen LogP contribution in [0.5, 0.6) is 0 Å². The van der Waals surface area contributed by atoms with Gasteiger partial charge in [-0.1, -0.05) is 18.2 Å². The highest BCUT2D eigenvalue weighted by Gasteiger charge is 2.37. The SMILES string of the molecule is CC(=O)N1CC[C@H]2CC[C@@H](CN(C(=O)c3cnc(C4CC4)nc3)Cc3ccccc31)N2Cc1ccncc1. The van der Waals surface area contributed by atoms with Gasteiger partial charge in [0, 0.05) is 81.6 Å². The van der Waals surface area contributed by atoms with Crippen LogP contribution in [-0.2, 0) is 17.9 Å². The Hall–Kier alpha value is -3.65. The van der Waals surface area contributed by atoms with Gasteiger partial charge in [-0.2, -0.15) is 0 Å². The van der Waals surface area contributed by atoms with Crippen molar-refractivity contribution >= 4 is 17.5 Å². The Morgan fingerprint density at radius 3 is 2.39 bits per heavy atom. The minimum absolute atomic E-state index is 0.0221. The Labute approximate surface area is 223 Å². The van der Waals surface area contributed by atoms with E-state index in [9.17, 15) is 9.59 Å². The zero-order valence-corrected chi connectivity index (χ0v) is 21.9. The van der Waals surface area contributed by atoms with Crippen LogP contribution >= 0.6 is 0 Å². The van der Waals surface area contributed by atoms with E-state index >= 15 is 0 Å². The number of amides is 2. The lowest BCUT2D eigenvalue weighted by molar-refractivity contribution is -0.116. The molecule has 0 radical (unpaired) electrons. The molecule has 2 atom stereocenters. The Bertz CT molecular complexity index is 1290. The van der Waals surface area contributed by atoms with Crippen LogP contribution in [0.3, 0.4) is 0 Å². The van der Waals surface area contributed by atoms with Crippen molar-refractivity contribution in [1.82, 2.24) is 24.8 Å². The van der Waals surface area contributed by atoms with E-state index in [2.05, 4.69) is 32.0 Å². The Morgan fingerprint density at radius 1 is 0.921 bits per heavy atom. The van der Waals surface area contributed by atoms with Crippen molar-refractivity contribution in [3.05, 3.63) is 83.7 Å². The van der Waals surface area contributed by atoms with Gasteiger partial charge in [0.2, 0.25) is 5.91 Å². The van der Waals surface area contributed by atoms with Crippen LogP contribution in [0, 0.1) is 0 Å². The van der Waals surface area contributed by atoms with Gasteiger partial charge in [-0.25, -0.2) is 9.97 Å². The molecule has 196 valence electrons. The van der Waals surface area contributed by atoms with Gasteiger partial charge in [0.15, 0.2) is 0 Å². The van der Waals surface area contributed by atoms with E-state index in [1.807, 2.05) is 46.5 Å². The highest BCUT2D eigenvalue weighted by molar-refractivity contribution is 5.94. The number of nitrogens with zero attached hydrogens (tertiary/aromatic N) is 6. The maximum absolute atomic E-state index is 13.9. The van der Waals surface area contributed by atoms with Crippen LogP contribution < -0.4 is 4.90 Å². The van der Waals surface area contributed by atoms with Gasteiger partial charge in [-0.05, 0) is 61.4 Å². The highest BCUT2D eigenvalue weighted by Crippen LogP contribution is 2.38. The van der Waals surface area contributed by atoms with Crippen LogP contribution in [0.1, 0.15) is 72.3 Å². The number of benzene rings is 1. The van der Waals surface area contributed by atoms with Crippen LogP contribution in [0.4, 0.5) is 5.69 Å². The van der Waals surface area contributed by atoms with E-state index in [1.165, 1.54) is 5.56 Å². The summed E-state index contributed by atoms with van der Waals surface area (Å²) in [7, 11) is 0. The topological polar surface area (TPSA) is 82.5 Å². The Balaban J connectivity index is 1.36. The molecule has 3 aromatic rings. The molecular formula is C30H34N6O2. The third kappa shape index (κ3) is 5.18. The van der Waals surface area contributed by atoms with Gasteiger partial charge in [0.1, 0.15) is 5.82 Å². The number of hydrogen-bond acceptors (Lipinski definition) is 6. The molecule has 4 heterocycles. The maximum atomic E-state index is 13.9. The molecule has 2 amide bonds. The van der Waals surface area contributed by atoms with Crippen molar-refractivity contribution in [2.75, 3.05) is 18.0 Å². The molecule has 1 saturated heterocycles. The monoisotopic (exact) mass is 510 g/mol. The zero-order chi connectivity index (χ0) is 26.1. The lowest BCUT2D eigenvalue weighted by Gasteiger charge is -2.34. The smallest absolute Gasteiger partial charge is 0.257 e. The lowest BCUT2D eigenvalue weighted by Crippen LogP contribution is -2.45. The van der Waals surface area contributed by atoms with Crippen LogP contribution in [0.25, 0.3) is 0 Å². The summed E-state index contributed by atoms with van der Waals surface area (Å²) >= 11 is 0. The van der Waals surface area contributed by atoms with E-state index in [0.717, 1.165) is 55.7 Å². The molecule has 3 aliphatic rings. The molecular weight excluding hydrogens is 476 g/mol. The van der Waals surface area contributed by atoms with Crippen molar-refractivity contribution in [2.45, 2.75) is 70.1 Å². The Morgan fingerprint density at radius 2 is 1.66 bits per heavy atom. The standard InChI is InChI=1S/C30H34N6O2/c1-21(37)35-15-12-26-8-9-27(36(26)18-22-10-13-31-14-11-22)20-34(19-24-4-2-3-5-28(24)35)30(38)25-16-32-29(33-17-25)23-6-7-23/h2-5,10-11,13-14,16-17,23,26-27H,6-9,12,15,18-20H2,1H3/t26-,27+/m1/s1. The fraction of sp³-hybridized carbons (Fsp3) is 0.433. The molecule has 8 heteroatoms. The fourth-order valence-electron chi connectivity index (χ4n) is 5.97. The number of para-hydroxylation sites is 1. The van der Waals surface area contributed by atoms with Crippen molar-refractivity contribution in [3.8, 4) is 0 Å². The van der Waals surface area contributed by atoms with E-state index < -0.39 is 0 Å². The van der Waals surface area contributed by atoms with Gasteiger partial charge in [0.25, 0.3) is 5.91 Å². The third-order valence-electron chi connectivity index (χ3n) is 8.17. The maximum Gasteiger partial charge on any atom is 0.257 e. The lowest BCUT2D eigenvalue weighted by atomic mass is 10.1. The van der Waals surface area contributed by atoms with E-state index in [0.29, 0.717) is 37.2 Å². The van der Waals surface area contributed by atoms with Gasteiger partial charge in [-0.3, -0.25) is 19.5 Å². The summed E-state index contributed by atoms with van der Waals surface area (Å²) in [6, 6.07) is 12.6. The molecule has 1 aliphatic carbocycles. The minimum atomic E-state index is -0.0666. The van der Waals surface area contributed by atoms with Crippen LogP contribution in [0.15, 0.2) is 61.2 Å². The summed E-state index contributed by atoms with van der Waals surface area (Å²) in [4.78, 5) is 46.3. The Kier molecular flexibility index (Phi) is 6.89. The van der Waals surface area contributed by atoms with Gasteiger partial charge < -0.3 is 9.80 Å². The van der Waals surface area contributed by atoms with Crippen molar-refractivity contribution in [2.24, 2.45) is 0 Å². The van der Waals surface area contributed by atoms with Crippen molar-refractivity contribution < 1.29 is 9.59 Å². The minimum Gasteiger partial charge on any atom is -0.333 e. The van der Waals surface area contributed by atoms with Crippen molar-refractivity contribution in [3.63, 3.8) is 0 Å². The predicted molar refractivity (Wildman–Crippen MR) is 144 cm³/mol. The normalized spacial score (nSPS) is 22.0. The van der Waals surface area contributed by atoms with Crippen molar-refractivity contribution in [1.29, 1.82) is 0 Å². The summed E-state index contributed by atoms with van der Waals surface area (Å²) in [5, 5.41) is 0. The van der Waals surface area contributed by atoms with Gasteiger partial charge >= 0.3 is 0 Å². The summed E-state index contributed by atoms with van der Waals surface area (Å²) in [5.74, 6) is 1.24. The summed E-state index contributed by atoms with van der Waals surface area (Å²) in [5.41, 5.74) is 3.59. The quantitative estimate of drug-likeness (QED) is 0.524. The predicted octanol–water partition coefficient (Wildman–Crippen LogP) is 4.18. The number of rotatable bonds is 4. The first-order valence-electron chi connectivity index (χ1n) is 13.7. The number of pyridine rings is 1. The number of carbonyl (C=O) groups is 2. The van der Waals surface area contributed by atoms with E-state index in [1.54, 1.807) is 19.3 Å². The zero-order valence-electron chi connectivity index (χ0n) is 21.9. The molecule has 2 aromatic heterocycles. The molecule has 1 aromatic carbocycles.